The van der Waals surface area contributed by atoms with Crippen LogP contribution in [0.15, 0.2) is 33.4 Å². The van der Waals surface area contributed by atoms with Gasteiger partial charge in [-0.3, -0.25) is 9.69 Å². The number of halogens is 1. The van der Waals surface area contributed by atoms with E-state index in [1.165, 1.54) is 16.9 Å². The van der Waals surface area contributed by atoms with Gasteiger partial charge in [-0.2, -0.15) is 0 Å². The molecule has 1 amide bonds. The van der Waals surface area contributed by atoms with Crippen molar-refractivity contribution in [2.24, 2.45) is 0 Å². The summed E-state index contributed by atoms with van der Waals surface area (Å²) >= 11 is 4.79. The fraction of sp³-hybridized carbons (Fsp3) is 0.333. The van der Waals surface area contributed by atoms with E-state index in [-0.39, 0.29) is 5.91 Å². The first-order valence-electron chi connectivity index (χ1n) is 7.95. The SMILES string of the molecule is Cc1ccc2sc(N(CCN(C)C)C(=O)c3ccc(Br)o3)nc2c1C. The van der Waals surface area contributed by atoms with Crippen LogP contribution in [0.25, 0.3) is 10.2 Å². The summed E-state index contributed by atoms with van der Waals surface area (Å²) in [6.45, 7) is 5.42. The third kappa shape index (κ3) is 3.78. The number of hydrogen-bond acceptors (Lipinski definition) is 5. The van der Waals surface area contributed by atoms with Crippen LogP contribution in [0, 0.1) is 13.8 Å². The van der Waals surface area contributed by atoms with Crippen molar-refractivity contribution in [3.05, 3.63) is 45.8 Å². The van der Waals surface area contributed by atoms with E-state index in [9.17, 15) is 4.79 Å². The Morgan fingerprint density at radius 2 is 1.96 bits per heavy atom. The van der Waals surface area contributed by atoms with Gasteiger partial charge >= 0.3 is 0 Å². The van der Waals surface area contributed by atoms with Crippen molar-refractivity contribution in [3.8, 4) is 0 Å². The van der Waals surface area contributed by atoms with E-state index in [1.807, 2.05) is 19.0 Å². The molecule has 1 aromatic carbocycles. The number of rotatable bonds is 5. The van der Waals surface area contributed by atoms with Crippen molar-refractivity contribution < 1.29 is 9.21 Å². The molecule has 0 aliphatic heterocycles. The standard InChI is InChI=1S/C18H20BrN3O2S/c1-11-5-7-14-16(12(11)2)20-18(25-14)22(10-9-21(3)4)17(23)13-6-8-15(19)24-13/h5-8H,9-10H2,1-4H3. The molecule has 0 saturated heterocycles. The minimum absolute atomic E-state index is 0.180. The lowest BCUT2D eigenvalue weighted by Crippen LogP contribution is -2.36. The number of likely N-dealkylation sites (N-methyl/N-ethyl adjacent to an activating group) is 1. The maximum Gasteiger partial charge on any atom is 0.295 e. The summed E-state index contributed by atoms with van der Waals surface area (Å²) in [4.78, 5) is 21.5. The Hall–Kier alpha value is -1.70. The summed E-state index contributed by atoms with van der Waals surface area (Å²) in [5.41, 5.74) is 3.31. The predicted octanol–water partition coefficient (Wildman–Crippen LogP) is 4.48. The molecular weight excluding hydrogens is 402 g/mol. The molecular formula is C18H20BrN3O2S. The molecule has 0 aliphatic rings. The highest BCUT2D eigenvalue weighted by Crippen LogP contribution is 2.32. The Kier molecular flexibility index (Phi) is 5.27. The molecule has 0 atom stereocenters. The summed E-state index contributed by atoms with van der Waals surface area (Å²) < 4.78 is 7.09. The van der Waals surface area contributed by atoms with Gasteiger partial charge in [-0.05, 0) is 73.2 Å². The average Bonchev–Trinajstić information content (AvgIpc) is 3.17. The van der Waals surface area contributed by atoms with Gasteiger partial charge in [0.15, 0.2) is 15.6 Å². The zero-order valence-corrected chi connectivity index (χ0v) is 17.1. The van der Waals surface area contributed by atoms with E-state index >= 15 is 0 Å². The Bertz CT molecular complexity index is 916. The van der Waals surface area contributed by atoms with E-state index in [1.54, 1.807) is 17.0 Å². The lowest BCUT2D eigenvalue weighted by Gasteiger charge is -2.20. The molecule has 0 radical (unpaired) electrons. The molecule has 3 aromatic rings. The average molecular weight is 422 g/mol. The Morgan fingerprint density at radius 3 is 2.60 bits per heavy atom. The molecule has 0 aliphatic carbocycles. The van der Waals surface area contributed by atoms with Gasteiger partial charge < -0.3 is 9.32 Å². The zero-order valence-electron chi connectivity index (χ0n) is 14.7. The van der Waals surface area contributed by atoms with E-state index < -0.39 is 0 Å². The maximum absolute atomic E-state index is 13.0. The van der Waals surface area contributed by atoms with Gasteiger partial charge in [-0.15, -0.1) is 0 Å². The number of anilines is 1. The number of thiazole rings is 1. The maximum atomic E-state index is 13.0. The van der Waals surface area contributed by atoms with E-state index in [0.717, 1.165) is 22.3 Å². The summed E-state index contributed by atoms with van der Waals surface area (Å²) in [5, 5.41) is 0.697. The molecule has 7 heteroatoms. The predicted molar refractivity (Wildman–Crippen MR) is 106 cm³/mol. The smallest absolute Gasteiger partial charge is 0.295 e. The quantitative estimate of drug-likeness (QED) is 0.609. The van der Waals surface area contributed by atoms with E-state index in [4.69, 9.17) is 9.40 Å². The fourth-order valence-electron chi connectivity index (χ4n) is 2.48. The van der Waals surface area contributed by atoms with Gasteiger partial charge in [-0.25, -0.2) is 4.98 Å². The number of benzene rings is 1. The molecule has 2 aromatic heterocycles. The number of fused-ring (bicyclic) bond motifs is 1. The highest BCUT2D eigenvalue weighted by atomic mass is 79.9. The minimum atomic E-state index is -0.180. The largest absolute Gasteiger partial charge is 0.444 e. The Balaban J connectivity index is 2.01. The fourth-order valence-corrected chi connectivity index (χ4v) is 3.83. The Morgan fingerprint density at radius 1 is 1.20 bits per heavy atom. The van der Waals surface area contributed by atoms with Gasteiger partial charge in [-0.1, -0.05) is 17.4 Å². The number of nitrogens with zero attached hydrogens (tertiary/aromatic N) is 3. The molecule has 0 unspecified atom stereocenters. The second kappa shape index (κ2) is 7.27. The van der Waals surface area contributed by atoms with Gasteiger partial charge in [0.2, 0.25) is 0 Å². The van der Waals surface area contributed by atoms with Gasteiger partial charge in [0.05, 0.1) is 10.2 Å². The molecule has 0 N–H and O–H groups in total. The van der Waals surface area contributed by atoms with E-state index in [2.05, 4.69) is 41.9 Å². The van der Waals surface area contributed by atoms with Crippen LogP contribution < -0.4 is 4.90 Å². The highest BCUT2D eigenvalue weighted by Gasteiger charge is 2.24. The van der Waals surface area contributed by atoms with Crippen LogP contribution in [0.4, 0.5) is 5.13 Å². The van der Waals surface area contributed by atoms with Crippen molar-refractivity contribution in [2.45, 2.75) is 13.8 Å². The molecule has 0 saturated carbocycles. The first-order chi connectivity index (χ1) is 11.9. The second-order valence-electron chi connectivity index (χ2n) is 6.21. The van der Waals surface area contributed by atoms with Crippen molar-refractivity contribution >= 4 is 48.5 Å². The summed E-state index contributed by atoms with van der Waals surface area (Å²) in [7, 11) is 3.97. The lowest BCUT2D eigenvalue weighted by molar-refractivity contribution is 0.0957. The number of aryl methyl sites for hydroxylation is 2. The number of aromatic nitrogens is 1. The molecule has 2 heterocycles. The van der Waals surface area contributed by atoms with E-state index in [0.29, 0.717) is 22.1 Å². The molecule has 3 rings (SSSR count). The lowest BCUT2D eigenvalue weighted by atomic mass is 10.1. The number of hydrogen-bond donors (Lipinski definition) is 0. The molecule has 25 heavy (non-hydrogen) atoms. The van der Waals surface area contributed by atoms with Crippen LogP contribution in [0.3, 0.4) is 0 Å². The molecule has 5 nitrogen and oxygen atoms in total. The molecule has 0 spiro atoms. The van der Waals surface area contributed by atoms with Crippen LogP contribution in [0.1, 0.15) is 21.7 Å². The van der Waals surface area contributed by atoms with Crippen LogP contribution in [-0.4, -0.2) is 43.0 Å². The van der Waals surface area contributed by atoms with Crippen molar-refractivity contribution in [2.75, 3.05) is 32.1 Å². The normalized spacial score (nSPS) is 11.4. The van der Waals surface area contributed by atoms with Crippen molar-refractivity contribution in [1.82, 2.24) is 9.88 Å². The number of furan rings is 1. The van der Waals surface area contributed by atoms with Gasteiger partial charge in [0.1, 0.15) is 0 Å². The second-order valence-corrected chi connectivity index (χ2v) is 8.01. The van der Waals surface area contributed by atoms with Crippen LogP contribution in [-0.2, 0) is 0 Å². The summed E-state index contributed by atoms with van der Waals surface area (Å²) in [6, 6.07) is 7.56. The highest BCUT2D eigenvalue weighted by molar-refractivity contribution is 9.10. The van der Waals surface area contributed by atoms with Crippen LogP contribution in [0.5, 0.6) is 0 Å². The third-order valence-electron chi connectivity index (χ3n) is 4.10. The minimum Gasteiger partial charge on any atom is -0.444 e. The first-order valence-corrected chi connectivity index (χ1v) is 9.56. The first kappa shape index (κ1) is 18.1. The molecule has 0 bridgehead atoms. The van der Waals surface area contributed by atoms with Crippen molar-refractivity contribution in [3.63, 3.8) is 0 Å². The van der Waals surface area contributed by atoms with Crippen molar-refractivity contribution in [1.29, 1.82) is 0 Å². The number of carbonyl (C=O) groups is 1. The molecule has 0 fully saturated rings. The van der Waals surface area contributed by atoms with Gasteiger partial charge in [0.25, 0.3) is 5.91 Å². The Labute approximate surface area is 159 Å². The third-order valence-corrected chi connectivity index (χ3v) is 5.57. The number of amides is 1. The molecule has 132 valence electrons. The van der Waals surface area contributed by atoms with Crippen LogP contribution >= 0.6 is 27.3 Å². The topological polar surface area (TPSA) is 49.6 Å². The summed E-state index contributed by atoms with van der Waals surface area (Å²) in [5.74, 6) is 0.124. The number of carbonyl (C=O) groups excluding carboxylic acids is 1. The summed E-state index contributed by atoms with van der Waals surface area (Å²) in [6.07, 6.45) is 0. The van der Waals surface area contributed by atoms with Crippen LogP contribution in [0.2, 0.25) is 0 Å². The monoisotopic (exact) mass is 421 g/mol. The zero-order chi connectivity index (χ0) is 18.1. The van der Waals surface area contributed by atoms with Gasteiger partial charge in [0, 0.05) is 13.1 Å².